The van der Waals surface area contributed by atoms with Crippen molar-refractivity contribution in [1.82, 2.24) is 0 Å². The summed E-state index contributed by atoms with van der Waals surface area (Å²) >= 11 is 10.8. The second-order valence-corrected chi connectivity index (χ2v) is 6.25. The molecule has 0 bridgehead atoms. The number of nitrogens with one attached hydrogen (secondary N) is 4. The van der Waals surface area contributed by atoms with E-state index in [9.17, 15) is 0 Å². The van der Waals surface area contributed by atoms with Crippen molar-refractivity contribution >= 4 is 57.4 Å². The van der Waals surface area contributed by atoms with Crippen LogP contribution < -0.4 is 21.3 Å². The van der Waals surface area contributed by atoms with E-state index in [4.69, 9.17) is 24.4 Å². The molecule has 4 nitrogen and oxygen atoms in total. The van der Waals surface area contributed by atoms with Gasteiger partial charge in [-0.15, -0.1) is 0 Å². The van der Waals surface area contributed by atoms with Crippen molar-refractivity contribution in [3.63, 3.8) is 0 Å². The van der Waals surface area contributed by atoms with E-state index in [1.54, 1.807) is 0 Å². The Labute approximate surface area is 163 Å². The third-order valence-electron chi connectivity index (χ3n) is 3.49. The zero-order valence-corrected chi connectivity index (χ0v) is 15.5. The molecule has 6 heteroatoms. The van der Waals surface area contributed by atoms with Gasteiger partial charge in [-0.2, -0.15) is 0 Å². The fraction of sp³-hybridized carbons (Fsp3) is 0. The first-order valence-corrected chi connectivity index (χ1v) is 8.87. The molecule has 0 aliphatic carbocycles. The maximum absolute atomic E-state index is 5.40. The molecular formula is C20H18N4S2. The summed E-state index contributed by atoms with van der Waals surface area (Å²) in [7, 11) is 0. The number of benzene rings is 3. The van der Waals surface area contributed by atoms with Crippen molar-refractivity contribution in [1.29, 1.82) is 0 Å². The van der Waals surface area contributed by atoms with Crippen LogP contribution in [0, 0.1) is 0 Å². The van der Waals surface area contributed by atoms with Crippen LogP contribution in [0.3, 0.4) is 0 Å². The van der Waals surface area contributed by atoms with Crippen molar-refractivity contribution in [2.24, 2.45) is 0 Å². The zero-order valence-electron chi connectivity index (χ0n) is 13.9. The molecular weight excluding hydrogens is 360 g/mol. The monoisotopic (exact) mass is 378 g/mol. The molecule has 0 aliphatic rings. The highest BCUT2D eigenvalue weighted by Gasteiger charge is 2.06. The Balaban J connectivity index is 1.64. The molecule has 0 heterocycles. The van der Waals surface area contributed by atoms with Gasteiger partial charge in [-0.05, 0) is 60.8 Å². The Morgan fingerprint density at radius 2 is 0.808 bits per heavy atom. The lowest BCUT2D eigenvalue weighted by Crippen LogP contribution is -2.22. The minimum absolute atomic E-state index is 0.507. The van der Waals surface area contributed by atoms with Crippen LogP contribution in [-0.2, 0) is 0 Å². The molecule has 0 amide bonds. The van der Waals surface area contributed by atoms with E-state index < -0.39 is 0 Å². The summed E-state index contributed by atoms with van der Waals surface area (Å²) < 4.78 is 0. The van der Waals surface area contributed by atoms with Crippen LogP contribution >= 0.6 is 24.4 Å². The quantitative estimate of drug-likeness (QED) is 0.462. The predicted molar refractivity (Wildman–Crippen MR) is 119 cm³/mol. The lowest BCUT2D eigenvalue weighted by molar-refractivity contribution is 1.56. The van der Waals surface area contributed by atoms with Crippen LogP contribution in [0.2, 0.25) is 0 Å². The normalized spacial score (nSPS) is 9.85. The number of hydrogen-bond acceptors (Lipinski definition) is 2. The van der Waals surface area contributed by atoms with E-state index in [0.717, 1.165) is 22.7 Å². The molecule has 0 radical (unpaired) electrons. The van der Waals surface area contributed by atoms with E-state index in [0.29, 0.717) is 10.2 Å². The molecule has 0 saturated carbocycles. The lowest BCUT2D eigenvalue weighted by Gasteiger charge is -2.16. The second kappa shape index (κ2) is 8.94. The van der Waals surface area contributed by atoms with Gasteiger partial charge >= 0.3 is 0 Å². The summed E-state index contributed by atoms with van der Waals surface area (Å²) in [6.45, 7) is 0. The first kappa shape index (κ1) is 17.8. The van der Waals surface area contributed by atoms with Crippen molar-refractivity contribution < 1.29 is 0 Å². The Bertz CT molecular complexity index is 808. The van der Waals surface area contributed by atoms with Gasteiger partial charge in [0.25, 0.3) is 0 Å². The number of hydrogen-bond donors (Lipinski definition) is 4. The fourth-order valence-corrected chi connectivity index (χ4v) is 2.77. The average Bonchev–Trinajstić information content (AvgIpc) is 2.65. The Morgan fingerprint density at radius 1 is 0.462 bits per heavy atom. The molecule has 0 atom stereocenters. The highest BCUT2D eigenvalue weighted by Crippen LogP contribution is 2.22. The van der Waals surface area contributed by atoms with E-state index in [1.807, 2.05) is 84.9 Å². The number of anilines is 4. The van der Waals surface area contributed by atoms with E-state index in [1.165, 1.54) is 0 Å². The minimum atomic E-state index is 0.507. The van der Waals surface area contributed by atoms with Crippen LogP contribution in [0.4, 0.5) is 22.7 Å². The highest BCUT2D eigenvalue weighted by atomic mass is 32.1. The molecule has 3 rings (SSSR count). The highest BCUT2D eigenvalue weighted by molar-refractivity contribution is 7.81. The zero-order chi connectivity index (χ0) is 18.2. The third-order valence-corrected chi connectivity index (χ3v) is 3.90. The van der Waals surface area contributed by atoms with Gasteiger partial charge in [0.1, 0.15) is 0 Å². The van der Waals surface area contributed by atoms with Gasteiger partial charge < -0.3 is 21.3 Å². The van der Waals surface area contributed by atoms with E-state index in [2.05, 4.69) is 21.3 Å². The molecule has 0 spiro atoms. The molecule has 0 aliphatic heterocycles. The van der Waals surface area contributed by atoms with Gasteiger partial charge in [0, 0.05) is 11.4 Å². The van der Waals surface area contributed by atoms with Crippen LogP contribution in [0.25, 0.3) is 0 Å². The van der Waals surface area contributed by atoms with Gasteiger partial charge in [0.05, 0.1) is 11.4 Å². The summed E-state index contributed by atoms with van der Waals surface area (Å²) in [5, 5.41) is 13.7. The van der Waals surface area contributed by atoms with Crippen molar-refractivity contribution in [2.45, 2.75) is 0 Å². The number of rotatable bonds is 4. The molecule has 0 unspecified atom stereocenters. The summed E-state index contributed by atoms with van der Waals surface area (Å²) in [6.07, 6.45) is 0. The van der Waals surface area contributed by atoms with E-state index >= 15 is 0 Å². The minimum Gasteiger partial charge on any atom is -0.332 e. The van der Waals surface area contributed by atoms with Gasteiger partial charge in [-0.25, -0.2) is 0 Å². The Morgan fingerprint density at radius 3 is 1.19 bits per heavy atom. The van der Waals surface area contributed by atoms with E-state index in [-0.39, 0.29) is 0 Å². The second-order valence-electron chi connectivity index (χ2n) is 5.44. The van der Waals surface area contributed by atoms with Crippen molar-refractivity contribution in [3.05, 3.63) is 84.9 Å². The molecule has 130 valence electrons. The molecule has 3 aromatic rings. The molecule has 0 aromatic heterocycles. The van der Waals surface area contributed by atoms with Crippen LogP contribution in [-0.4, -0.2) is 10.2 Å². The smallest absolute Gasteiger partial charge is 0.175 e. The summed E-state index contributed by atoms with van der Waals surface area (Å²) in [5.41, 5.74) is 3.52. The topological polar surface area (TPSA) is 48.1 Å². The van der Waals surface area contributed by atoms with Gasteiger partial charge in [-0.3, -0.25) is 0 Å². The van der Waals surface area contributed by atoms with Crippen LogP contribution in [0.1, 0.15) is 0 Å². The molecule has 0 fully saturated rings. The number of para-hydroxylation sites is 4. The first-order chi connectivity index (χ1) is 12.7. The standard InChI is InChI=1S/C20H18N4S2/c25-19(21-15-9-3-1-4-10-15)23-17-13-7-8-14-18(17)24-20(26)22-16-11-5-2-6-12-16/h1-14H,(H2,21,23,25)(H2,22,24,26). The third kappa shape index (κ3) is 5.27. The fourth-order valence-electron chi connectivity index (χ4n) is 2.31. The molecule has 4 N–H and O–H groups in total. The summed E-state index contributed by atoms with van der Waals surface area (Å²) in [4.78, 5) is 0. The molecule has 3 aromatic carbocycles. The molecule has 0 saturated heterocycles. The predicted octanol–water partition coefficient (Wildman–Crippen LogP) is 5.30. The maximum atomic E-state index is 5.40. The summed E-state index contributed by atoms with van der Waals surface area (Å²) in [6, 6.07) is 27.3. The first-order valence-electron chi connectivity index (χ1n) is 8.06. The van der Waals surface area contributed by atoms with Gasteiger partial charge in [-0.1, -0.05) is 48.5 Å². The average molecular weight is 379 g/mol. The maximum Gasteiger partial charge on any atom is 0.175 e. The largest absolute Gasteiger partial charge is 0.332 e. The van der Waals surface area contributed by atoms with Gasteiger partial charge in [0.15, 0.2) is 10.2 Å². The summed E-state index contributed by atoms with van der Waals surface area (Å²) in [5.74, 6) is 0. The van der Waals surface area contributed by atoms with Crippen molar-refractivity contribution in [2.75, 3.05) is 21.3 Å². The number of thiocarbonyl (C=S) groups is 2. The SMILES string of the molecule is S=C(Nc1ccccc1)Nc1ccccc1NC(=S)Nc1ccccc1. The van der Waals surface area contributed by atoms with Crippen LogP contribution in [0.15, 0.2) is 84.9 Å². The molecule has 26 heavy (non-hydrogen) atoms. The lowest BCUT2D eigenvalue weighted by atomic mass is 10.2. The Kier molecular flexibility index (Phi) is 6.14. The Hall–Kier alpha value is -2.96. The van der Waals surface area contributed by atoms with Gasteiger partial charge in [0.2, 0.25) is 0 Å². The van der Waals surface area contributed by atoms with Crippen LogP contribution in [0.5, 0.6) is 0 Å². The van der Waals surface area contributed by atoms with Crippen molar-refractivity contribution in [3.8, 4) is 0 Å².